The number of unbranched alkanes of at least 4 members (excludes halogenated alkanes) is 17. The molecule has 0 aromatic rings. The number of rotatable bonds is 41. The maximum absolute atomic E-state index is 12.8. The minimum Gasteiger partial charge on any atom is -0.387 e. The van der Waals surface area contributed by atoms with Gasteiger partial charge in [-0.2, -0.15) is 0 Å². The molecule has 0 fully saturated rings. The number of allylic oxidation sites excluding steroid dienone is 13. The summed E-state index contributed by atoms with van der Waals surface area (Å²) in [6, 6.07) is -0.890. The lowest BCUT2D eigenvalue weighted by Crippen LogP contribution is -2.45. The van der Waals surface area contributed by atoms with Crippen molar-refractivity contribution in [3.8, 4) is 0 Å². The summed E-state index contributed by atoms with van der Waals surface area (Å²) in [4.78, 5) is 22.7. The normalized spacial score (nSPS) is 14.8. The van der Waals surface area contributed by atoms with Crippen LogP contribution >= 0.6 is 7.82 Å². The van der Waals surface area contributed by atoms with E-state index in [-0.39, 0.29) is 25.7 Å². The molecule has 0 heterocycles. The third-order valence-electron chi connectivity index (χ3n) is 9.43. The van der Waals surface area contributed by atoms with E-state index in [0.29, 0.717) is 6.42 Å². The van der Waals surface area contributed by atoms with Gasteiger partial charge < -0.3 is 21.1 Å². The molecule has 0 aromatic carbocycles. The molecule has 0 aliphatic carbocycles. The van der Waals surface area contributed by atoms with E-state index in [1.807, 2.05) is 6.08 Å². The second-order valence-electron chi connectivity index (χ2n) is 14.9. The lowest BCUT2D eigenvalue weighted by atomic mass is 10.0. The zero-order valence-corrected chi connectivity index (χ0v) is 37.2. The molecule has 0 rings (SSSR count). The van der Waals surface area contributed by atoms with Gasteiger partial charge in [0.05, 0.1) is 25.4 Å². The summed E-state index contributed by atoms with van der Waals surface area (Å²) >= 11 is 0. The Morgan fingerprint density at radius 1 is 0.596 bits per heavy atom. The number of amides is 1. The third kappa shape index (κ3) is 41.6. The van der Waals surface area contributed by atoms with E-state index in [1.54, 1.807) is 6.08 Å². The summed E-state index contributed by atoms with van der Waals surface area (Å²) in [5.74, 6) is -0.217. The van der Waals surface area contributed by atoms with Crippen LogP contribution in [0.2, 0.25) is 0 Å². The fraction of sp³-hybridized carbons (Fsp3) is 0.688. The first-order valence-electron chi connectivity index (χ1n) is 22.7. The largest absolute Gasteiger partial charge is 0.472 e. The molecule has 0 spiro atoms. The topological polar surface area (TPSA) is 131 Å². The number of nitrogens with one attached hydrogen (secondary N) is 1. The zero-order chi connectivity index (χ0) is 41.8. The molecule has 0 saturated heterocycles. The maximum Gasteiger partial charge on any atom is 0.472 e. The average Bonchev–Trinajstić information content (AvgIpc) is 3.20. The first-order valence-corrected chi connectivity index (χ1v) is 24.2. The highest BCUT2D eigenvalue weighted by Gasteiger charge is 2.26. The third-order valence-corrected chi connectivity index (χ3v) is 10.4. The number of hydrogen-bond acceptors (Lipinski definition) is 6. The highest BCUT2D eigenvalue weighted by molar-refractivity contribution is 7.47. The van der Waals surface area contributed by atoms with Crippen LogP contribution in [0.3, 0.4) is 0 Å². The molecule has 5 N–H and O–H groups in total. The molecular weight excluding hydrogens is 732 g/mol. The number of phosphoric acid groups is 1. The number of phosphoric ester groups is 1. The molecule has 0 aromatic heterocycles. The summed E-state index contributed by atoms with van der Waals surface area (Å²) in [7, 11) is -4.36. The predicted octanol–water partition coefficient (Wildman–Crippen LogP) is 13.0. The van der Waals surface area contributed by atoms with Crippen LogP contribution in [0.5, 0.6) is 0 Å². The van der Waals surface area contributed by atoms with Crippen LogP contribution in [-0.4, -0.2) is 47.8 Å². The minimum absolute atomic E-state index is 0.0670. The lowest BCUT2D eigenvalue weighted by Gasteiger charge is -2.23. The Kier molecular flexibility index (Phi) is 41.5. The molecule has 0 radical (unpaired) electrons. The van der Waals surface area contributed by atoms with Crippen LogP contribution in [0.15, 0.2) is 85.1 Å². The molecule has 9 heteroatoms. The Morgan fingerprint density at radius 2 is 1.04 bits per heavy atom. The predicted molar refractivity (Wildman–Crippen MR) is 244 cm³/mol. The summed E-state index contributed by atoms with van der Waals surface area (Å²) in [6.07, 6.45) is 57.8. The number of aliphatic hydroxyl groups is 1. The zero-order valence-electron chi connectivity index (χ0n) is 36.3. The summed E-state index contributed by atoms with van der Waals surface area (Å²) in [6.45, 7) is 3.96. The Labute approximate surface area is 349 Å². The SMILES string of the molecule is CC/C=C\C/C=C\C/C=C\C/C=C\CCCCCCCCCCCCC(=O)NC(COP(=O)(O)OCCN)C(O)/C=C/CC/C=C/CC/C=C/CCCCCCC. The molecule has 0 aliphatic heterocycles. The smallest absolute Gasteiger partial charge is 0.387 e. The Bertz CT molecular complexity index is 1160. The van der Waals surface area contributed by atoms with Crippen molar-refractivity contribution in [1.29, 1.82) is 0 Å². The second-order valence-corrected chi connectivity index (χ2v) is 16.3. The monoisotopic (exact) mass is 817 g/mol. The van der Waals surface area contributed by atoms with Gasteiger partial charge in [-0.25, -0.2) is 4.57 Å². The molecule has 1 amide bonds. The van der Waals surface area contributed by atoms with E-state index in [4.69, 9.17) is 14.8 Å². The van der Waals surface area contributed by atoms with Crippen molar-refractivity contribution in [3.63, 3.8) is 0 Å². The highest BCUT2D eigenvalue weighted by atomic mass is 31.2. The number of hydrogen-bond donors (Lipinski definition) is 4. The van der Waals surface area contributed by atoms with Crippen molar-refractivity contribution in [1.82, 2.24) is 5.32 Å². The van der Waals surface area contributed by atoms with E-state index in [9.17, 15) is 19.4 Å². The minimum atomic E-state index is -4.36. The van der Waals surface area contributed by atoms with Crippen molar-refractivity contribution in [2.45, 2.75) is 193 Å². The van der Waals surface area contributed by atoms with Gasteiger partial charge in [0.2, 0.25) is 5.91 Å². The fourth-order valence-corrected chi connectivity index (χ4v) is 6.80. The van der Waals surface area contributed by atoms with Gasteiger partial charge in [0.1, 0.15) is 0 Å². The van der Waals surface area contributed by atoms with Gasteiger partial charge in [-0.3, -0.25) is 13.8 Å². The van der Waals surface area contributed by atoms with Gasteiger partial charge in [0.15, 0.2) is 0 Å². The molecule has 0 bridgehead atoms. The van der Waals surface area contributed by atoms with Gasteiger partial charge >= 0.3 is 7.82 Å². The number of carbonyl (C=O) groups excluding carboxylic acids is 1. The van der Waals surface area contributed by atoms with Gasteiger partial charge in [0, 0.05) is 13.0 Å². The Hall–Kier alpha value is -2.32. The molecule has 0 saturated carbocycles. The fourth-order valence-electron chi connectivity index (χ4n) is 6.04. The summed E-state index contributed by atoms with van der Waals surface area (Å²) in [5.41, 5.74) is 5.37. The van der Waals surface area contributed by atoms with Crippen molar-refractivity contribution in [2.24, 2.45) is 5.73 Å². The van der Waals surface area contributed by atoms with Crippen LogP contribution in [0.25, 0.3) is 0 Å². The standard InChI is InChI=1S/C48H85N2O6P/c1-3-5-7-9-11-13-15-17-19-20-21-22-23-24-25-26-28-30-32-34-36-38-40-42-48(52)50-46(45-56-57(53,54)55-44-43-49)47(51)41-39-37-35-33-31-29-27-18-16-14-12-10-8-6-4-2/h5,7,11,13,16-19,21-22,31,33,39,41,46-47,51H,3-4,6,8-10,12,14-15,20,23-30,32,34-38,40,42-45,49H2,1-2H3,(H,50,52)(H,53,54)/b7-5-,13-11-,18-16+,19-17-,22-21-,33-31+,41-39+. The van der Waals surface area contributed by atoms with Crippen molar-refractivity contribution in [2.75, 3.05) is 19.8 Å². The van der Waals surface area contributed by atoms with E-state index >= 15 is 0 Å². The Balaban J connectivity index is 4.22. The second kappa shape index (κ2) is 43.3. The van der Waals surface area contributed by atoms with Gasteiger partial charge in [0.25, 0.3) is 0 Å². The van der Waals surface area contributed by atoms with Crippen LogP contribution < -0.4 is 11.1 Å². The molecule has 8 nitrogen and oxygen atoms in total. The van der Waals surface area contributed by atoms with E-state index < -0.39 is 20.0 Å². The number of carbonyl (C=O) groups is 1. The Morgan fingerprint density at radius 3 is 1.56 bits per heavy atom. The molecule has 3 atom stereocenters. The van der Waals surface area contributed by atoms with Crippen molar-refractivity contribution >= 4 is 13.7 Å². The molecule has 57 heavy (non-hydrogen) atoms. The highest BCUT2D eigenvalue weighted by Crippen LogP contribution is 2.43. The molecule has 0 aliphatic rings. The van der Waals surface area contributed by atoms with Gasteiger partial charge in [-0.05, 0) is 83.5 Å². The average molecular weight is 817 g/mol. The molecular formula is C48H85N2O6P. The van der Waals surface area contributed by atoms with Crippen molar-refractivity contribution in [3.05, 3.63) is 85.1 Å². The van der Waals surface area contributed by atoms with Crippen LogP contribution in [0, 0.1) is 0 Å². The first-order chi connectivity index (χ1) is 27.9. The van der Waals surface area contributed by atoms with E-state index in [0.717, 1.165) is 77.0 Å². The summed E-state index contributed by atoms with van der Waals surface area (Å²) < 4.78 is 22.1. The molecule has 3 unspecified atom stereocenters. The summed E-state index contributed by atoms with van der Waals surface area (Å²) in [5, 5.41) is 13.6. The van der Waals surface area contributed by atoms with Crippen molar-refractivity contribution < 1.29 is 28.4 Å². The van der Waals surface area contributed by atoms with Gasteiger partial charge in [-0.1, -0.05) is 176 Å². The lowest BCUT2D eigenvalue weighted by molar-refractivity contribution is -0.123. The maximum atomic E-state index is 12.8. The number of nitrogens with two attached hydrogens (primary N) is 1. The number of aliphatic hydroxyl groups excluding tert-OH is 1. The van der Waals surface area contributed by atoms with E-state index in [2.05, 4.69) is 92.1 Å². The molecule has 328 valence electrons. The van der Waals surface area contributed by atoms with Crippen LogP contribution in [0.1, 0.15) is 181 Å². The van der Waals surface area contributed by atoms with Gasteiger partial charge in [-0.15, -0.1) is 0 Å². The van der Waals surface area contributed by atoms with Crippen LogP contribution in [0.4, 0.5) is 0 Å². The van der Waals surface area contributed by atoms with E-state index in [1.165, 1.54) is 83.5 Å². The quantitative estimate of drug-likeness (QED) is 0.0274. The first kappa shape index (κ1) is 54.7. The van der Waals surface area contributed by atoms with Crippen LogP contribution in [-0.2, 0) is 18.4 Å².